The summed E-state index contributed by atoms with van der Waals surface area (Å²) in [4.78, 5) is 1.22. The third-order valence-corrected chi connectivity index (χ3v) is 4.06. The standard InChI is InChI=1S/C10H12BrN3S/c1-6-10(7(5-12)13-14(6)2)8-3-4-9(11)15-8/h3-4H,5,12H2,1-2H3. The highest BCUT2D eigenvalue weighted by atomic mass is 79.9. The Balaban J connectivity index is 2.60. The van der Waals surface area contributed by atoms with Gasteiger partial charge in [0.1, 0.15) is 0 Å². The molecule has 0 atom stereocenters. The molecule has 0 saturated heterocycles. The van der Waals surface area contributed by atoms with E-state index in [0.29, 0.717) is 6.54 Å². The van der Waals surface area contributed by atoms with Gasteiger partial charge in [-0.1, -0.05) is 0 Å². The van der Waals surface area contributed by atoms with Crippen LogP contribution in [0.25, 0.3) is 10.4 Å². The first-order valence-electron chi connectivity index (χ1n) is 4.61. The molecule has 80 valence electrons. The first kappa shape index (κ1) is 10.9. The van der Waals surface area contributed by atoms with Crippen molar-refractivity contribution >= 4 is 27.3 Å². The highest BCUT2D eigenvalue weighted by Gasteiger charge is 2.14. The molecule has 0 amide bonds. The lowest BCUT2D eigenvalue weighted by atomic mass is 10.1. The van der Waals surface area contributed by atoms with Crippen molar-refractivity contribution in [1.82, 2.24) is 9.78 Å². The van der Waals surface area contributed by atoms with E-state index < -0.39 is 0 Å². The van der Waals surface area contributed by atoms with Gasteiger partial charge in [0.25, 0.3) is 0 Å². The molecule has 0 spiro atoms. The van der Waals surface area contributed by atoms with Crippen molar-refractivity contribution in [3.8, 4) is 10.4 Å². The summed E-state index contributed by atoms with van der Waals surface area (Å²) in [6.07, 6.45) is 0. The van der Waals surface area contributed by atoms with Gasteiger partial charge in [0, 0.05) is 29.7 Å². The molecule has 0 aliphatic carbocycles. The quantitative estimate of drug-likeness (QED) is 0.922. The second kappa shape index (κ2) is 4.08. The number of hydrogen-bond donors (Lipinski definition) is 1. The molecular weight excluding hydrogens is 274 g/mol. The predicted molar refractivity (Wildman–Crippen MR) is 66.8 cm³/mol. The van der Waals surface area contributed by atoms with Gasteiger partial charge in [-0.15, -0.1) is 11.3 Å². The lowest BCUT2D eigenvalue weighted by Gasteiger charge is -1.98. The molecule has 0 saturated carbocycles. The van der Waals surface area contributed by atoms with E-state index in [2.05, 4.69) is 34.0 Å². The molecule has 2 aromatic rings. The molecule has 0 aliphatic rings. The molecule has 2 heterocycles. The highest BCUT2D eigenvalue weighted by molar-refractivity contribution is 9.11. The summed E-state index contributed by atoms with van der Waals surface area (Å²) >= 11 is 5.17. The van der Waals surface area contributed by atoms with Crippen LogP contribution in [-0.4, -0.2) is 9.78 Å². The molecular formula is C10H12BrN3S. The van der Waals surface area contributed by atoms with Crippen molar-refractivity contribution in [1.29, 1.82) is 0 Å². The number of aromatic nitrogens is 2. The molecule has 2 rings (SSSR count). The zero-order chi connectivity index (χ0) is 11.0. The van der Waals surface area contributed by atoms with E-state index in [-0.39, 0.29) is 0 Å². The van der Waals surface area contributed by atoms with Gasteiger partial charge in [-0.05, 0) is 35.0 Å². The Hall–Kier alpha value is -0.650. The average Bonchev–Trinajstić information content (AvgIpc) is 2.73. The topological polar surface area (TPSA) is 43.8 Å². The average molecular weight is 286 g/mol. The van der Waals surface area contributed by atoms with E-state index in [1.54, 1.807) is 11.3 Å². The molecule has 0 radical (unpaired) electrons. The lowest BCUT2D eigenvalue weighted by Crippen LogP contribution is -1.99. The maximum Gasteiger partial charge on any atom is 0.0849 e. The van der Waals surface area contributed by atoms with E-state index in [1.165, 1.54) is 10.4 Å². The van der Waals surface area contributed by atoms with Crippen LogP contribution < -0.4 is 5.73 Å². The minimum Gasteiger partial charge on any atom is -0.325 e. The molecule has 0 aromatic carbocycles. The molecule has 3 nitrogen and oxygen atoms in total. The number of aryl methyl sites for hydroxylation is 1. The molecule has 2 N–H and O–H groups in total. The summed E-state index contributed by atoms with van der Waals surface area (Å²) in [5, 5.41) is 4.40. The summed E-state index contributed by atoms with van der Waals surface area (Å²) in [6, 6.07) is 4.14. The third-order valence-electron chi connectivity index (χ3n) is 2.42. The summed E-state index contributed by atoms with van der Waals surface area (Å²) in [6.45, 7) is 2.54. The van der Waals surface area contributed by atoms with Crippen LogP contribution in [0.3, 0.4) is 0 Å². The maximum absolute atomic E-state index is 5.69. The molecule has 5 heteroatoms. The van der Waals surface area contributed by atoms with Gasteiger partial charge in [0.15, 0.2) is 0 Å². The second-order valence-electron chi connectivity index (χ2n) is 3.34. The predicted octanol–water partition coefficient (Wildman–Crippen LogP) is 2.68. The summed E-state index contributed by atoms with van der Waals surface area (Å²) in [5.74, 6) is 0. The first-order chi connectivity index (χ1) is 7.13. The smallest absolute Gasteiger partial charge is 0.0849 e. The van der Waals surface area contributed by atoms with Gasteiger partial charge >= 0.3 is 0 Å². The van der Waals surface area contributed by atoms with E-state index in [9.17, 15) is 0 Å². The molecule has 0 bridgehead atoms. The van der Waals surface area contributed by atoms with Gasteiger partial charge < -0.3 is 5.73 Å². The fourth-order valence-electron chi connectivity index (χ4n) is 1.59. The Kier molecular flexibility index (Phi) is 2.95. The Bertz CT molecular complexity index is 487. The Morgan fingerprint density at radius 1 is 1.53 bits per heavy atom. The fraction of sp³-hybridized carbons (Fsp3) is 0.300. The van der Waals surface area contributed by atoms with Gasteiger partial charge in [0.2, 0.25) is 0 Å². The third kappa shape index (κ3) is 1.87. The van der Waals surface area contributed by atoms with Crippen LogP contribution in [0.2, 0.25) is 0 Å². The Morgan fingerprint density at radius 3 is 2.80 bits per heavy atom. The Labute approximate surface area is 101 Å². The zero-order valence-corrected chi connectivity index (χ0v) is 11.0. The number of rotatable bonds is 2. The maximum atomic E-state index is 5.69. The fourth-order valence-corrected chi connectivity index (χ4v) is 3.09. The van der Waals surface area contributed by atoms with Crippen molar-refractivity contribution in [2.75, 3.05) is 0 Å². The van der Waals surface area contributed by atoms with Crippen LogP contribution in [-0.2, 0) is 13.6 Å². The first-order valence-corrected chi connectivity index (χ1v) is 6.22. The van der Waals surface area contributed by atoms with Crippen LogP contribution in [0.4, 0.5) is 0 Å². The van der Waals surface area contributed by atoms with Crippen molar-refractivity contribution < 1.29 is 0 Å². The van der Waals surface area contributed by atoms with Crippen LogP contribution in [0, 0.1) is 6.92 Å². The normalized spacial score (nSPS) is 10.9. The largest absolute Gasteiger partial charge is 0.325 e. The van der Waals surface area contributed by atoms with Gasteiger partial charge in [-0.3, -0.25) is 4.68 Å². The van der Waals surface area contributed by atoms with Crippen LogP contribution >= 0.6 is 27.3 Å². The molecule has 0 fully saturated rings. The number of nitrogens with two attached hydrogens (primary N) is 1. The SMILES string of the molecule is Cc1c(-c2ccc(Br)s2)c(CN)nn1C. The monoisotopic (exact) mass is 285 g/mol. The van der Waals surface area contributed by atoms with Gasteiger partial charge in [-0.25, -0.2) is 0 Å². The van der Waals surface area contributed by atoms with Crippen molar-refractivity contribution in [2.24, 2.45) is 12.8 Å². The molecule has 0 aliphatic heterocycles. The number of thiophene rings is 1. The Morgan fingerprint density at radius 2 is 2.27 bits per heavy atom. The minimum absolute atomic E-state index is 0.479. The summed E-state index contributed by atoms with van der Waals surface area (Å²) in [5.41, 5.74) is 8.99. The summed E-state index contributed by atoms with van der Waals surface area (Å²) < 4.78 is 3.01. The second-order valence-corrected chi connectivity index (χ2v) is 5.80. The lowest BCUT2D eigenvalue weighted by molar-refractivity contribution is 0.721. The molecule has 15 heavy (non-hydrogen) atoms. The van der Waals surface area contributed by atoms with E-state index in [0.717, 1.165) is 15.2 Å². The van der Waals surface area contributed by atoms with E-state index >= 15 is 0 Å². The van der Waals surface area contributed by atoms with E-state index in [4.69, 9.17) is 5.73 Å². The van der Waals surface area contributed by atoms with Gasteiger partial charge in [-0.2, -0.15) is 5.10 Å². The molecule has 0 unspecified atom stereocenters. The van der Waals surface area contributed by atoms with Crippen LogP contribution in [0.15, 0.2) is 15.9 Å². The van der Waals surface area contributed by atoms with Crippen molar-refractivity contribution in [3.05, 3.63) is 27.3 Å². The molecule has 2 aromatic heterocycles. The number of nitrogens with zero attached hydrogens (tertiary/aromatic N) is 2. The van der Waals surface area contributed by atoms with Crippen molar-refractivity contribution in [2.45, 2.75) is 13.5 Å². The highest BCUT2D eigenvalue weighted by Crippen LogP contribution is 2.34. The van der Waals surface area contributed by atoms with Gasteiger partial charge in [0.05, 0.1) is 9.48 Å². The van der Waals surface area contributed by atoms with Crippen LogP contribution in [0.1, 0.15) is 11.4 Å². The van der Waals surface area contributed by atoms with Crippen LogP contribution in [0.5, 0.6) is 0 Å². The minimum atomic E-state index is 0.479. The zero-order valence-electron chi connectivity index (χ0n) is 8.62. The number of hydrogen-bond acceptors (Lipinski definition) is 3. The summed E-state index contributed by atoms with van der Waals surface area (Å²) in [7, 11) is 1.95. The van der Waals surface area contributed by atoms with Crippen molar-refractivity contribution in [3.63, 3.8) is 0 Å². The van der Waals surface area contributed by atoms with E-state index in [1.807, 2.05) is 17.8 Å². The number of halogens is 1.